The minimum absolute atomic E-state index is 0.0168. The smallest absolute Gasteiger partial charge is 0.268 e. The summed E-state index contributed by atoms with van der Waals surface area (Å²) in [6.07, 6.45) is 2.97. The highest BCUT2D eigenvalue weighted by molar-refractivity contribution is 7.98. The molecule has 1 aromatic heterocycles. The Balaban J connectivity index is 2.27. The van der Waals surface area contributed by atoms with E-state index in [1.165, 1.54) is 10.3 Å². The van der Waals surface area contributed by atoms with Crippen LogP contribution in [0.1, 0.15) is 16.1 Å². The molecule has 2 aromatic rings. The Morgan fingerprint density at radius 3 is 3.06 bits per heavy atom. The van der Waals surface area contributed by atoms with Crippen LogP contribution >= 0.6 is 11.8 Å². The maximum Gasteiger partial charge on any atom is 0.268 e. The molecule has 1 aliphatic heterocycles. The number of amides is 1. The molecule has 0 fully saturated rings. The van der Waals surface area contributed by atoms with Gasteiger partial charge in [0.15, 0.2) is 0 Å². The van der Waals surface area contributed by atoms with Crippen molar-refractivity contribution in [2.75, 3.05) is 12.8 Å². The van der Waals surface area contributed by atoms with Crippen molar-refractivity contribution in [2.24, 2.45) is 0 Å². The third-order valence-corrected chi connectivity index (χ3v) is 3.73. The lowest BCUT2D eigenvalue weighted by atomic mass is 10.0. The Hall–Kier alpha value is -1.42. The first-order valence-corrected chi connectivity index (χ1v) is 6.49. The molecule has 0 radical (unpaired) electrons. The van der Waals surface area contributed by atoms with Gasteiger partial charge in [0.25, 0.3) is 5.91 Å². The molecule has 1 amide bonds. The van der Waals surface area contributed by atoms with E-state index in [9.17, 15) is 4.79 Å². The van der Waals surface area contributed by atoms with Gasteiger partial charge in [-0.3, -0.25) is 4.79 Å². The summed E-state index contributed by atoms with van der Waals surface area (Å²) >= 11 is 1.71. The first-order chi connectivity index (χ1) is 7.79. The zero-order valence-corrected chi connectivity index (χ0v) is 9.78. The van der Waals surface area contributed by atoms with E-state index in [1.54, 1.807) is 11.8 Å². The molecule has 0 aliphatic carbocycles. The number of aromatic nitrogens is 1. The SMILES string of the molecule is CSc1ccc2c3c([nH]c2c1)C(=O)NCC3. The molecule has 0 spiro atoms. The van der Waals surface area contributed by atoms with Gasteiger partial charge < -0.3 is 10.3 Å². The van der Waals surface area contributed by atoms with Gasteiger partial charge in [-0.2, -0.15) is 0 Å². The minimum atomic E-state index is 0.0168. The quantitative estimate of drug-likeness (QED) is 0.740. The number of aromatic amines is 1. The number of nitrogens with one attached hydrogen (secondary N) is 2. The van der Waals surface area contributed by atoms with Gasteiger partial charge in [0, 0.05) is 22.3 Å². The second-order valence-electron chi connectivity index (χ2n) is 3.90. The Labute approximate surface area is 97.6 Å². The minimum Gasteiger partial charge on any atom is -0.350 e. The molecule has 0 unspecified atom stereocenters. The standard InChI is InChI=1S/C12H12N2OS/c1-16-7-2-3-8-9-4-5-13-12(15)11(9)14-10(8)6-7/h2-3,6,14H,4-5H2,1H3,(H,13,15). The Morgan fingerprint density at radius 1 is 1.38 bits per heavy atom. The van der Waals surface area contributed by atoms with Crippen LogP contribution in [-0.4, -0.2) is 23.7 Å². The van der Waals surface area contributed by atoms with Crippen LogP contribution in [0, 0.1) is 0 Å². The number of carbonyl (C=O) groups excluding carboxylic acids is 1. The number of benzene rings is 1. The largest absolute Gasteiger partial charge is 0.350 e. The van der Waals surface area contributed by atoms with Gasteiger partial charge in [-0.15, -0.1) is 11.8 Å². The highest BCUT2D eigenvalue weighted by atomic mass is 32.2. The predicted octanol–water partition coefficient (Wildman–Crippen LogP) is 2.18. The average Bonchev–Trinajstić information content (AvgIpc) is 2.68. The van der Waals surface area contributed by atoms with Crippen LogP contribution in [0.5, 0.6) is 0 Å². The van der Waals surface area contributed by atoms with Crippen LogP contribution < -0.4 is 5.32 Å². The van der Waals surface area contributed by atoms with E-state index in [2.05, 4.69) is 34.8 Å². The Morgan fingerprint density at radius 2 is 2.25 bits per heavy atom. The van der Waals surface area contributed by atoms with Gasteiger partial charge in [0.2, 0.25) is 0 Å². The van der Waals surface area contributed by atoms with E-state index in [0.717, 1.165) is 29.7 Å². The molecule has 0 bridgehead atoms. The van der Waals surface area contributed by atoms with Crippen LogP contribution in [0.3, 0.4) is 0 Å². The number of carbonyl (C=O) groups is 1. The molecular formula is C12H12N2OS. The zero-order valence-electron chi connectivity index (χ0n) is 8.96. The fourth-order valence-electron chi connectivity index (χ4n) is 2.20. The number of hydrogen-bond donors (Lipinski definition) is 2. The van der Waals surface area contributed by atoms with Gasteiger partial charge in [-0.05, 0) is 30.4 Å². The van der Waals surface area contributed by atoms with Crippen LogP contribution in [0.4, 0.5) is 0 Å². The average molecular weight is 232 g/mol. The number of thioether (sulfide) groups is 1. The molecule has 3 nitrogen and oxygen atoms in total. The monoisotopic (exact) mass is 232 g/mol. The Bertz CT molecular complexity index is 574. The maximum absolute atomic E-state index is 11.7. The van der Waals surface area contributed by atoms with Crippen LogP contribution in [0.15, 0.2) is 23.1 Å². The molecule has 4 heteroatoms. The second kappa shape index (κ2) is 3.56. The van der Waals surface area contributed by atoms with Gasteiger partial charge in [0.05, 0.1) is 0 Å². The van der Waals surface area contributed by atoms with Gasteiger partial charge >= 0.3 is 0 Å². The van der Waals surface area contributed by atoms with E-state index in [4.69, 9.17) is 0 Å². The van der Waals surface area contributed by atoms with Crippen molar-refractivity contribution in [3.63, 3.8) is 0 Å². The van der Waals surface area contributed by atoms with Crippen LogP contribution in [0.2, 0.25) is 0 Å². The second-order valence-corrected chi connectivity index (χ2v) is 4.78. The molecule has 0 saturated carbocycles. The van der Waals surface area contributed by atoms with Gasteiger partial charge in [-0.1, -0.05) is 6.07 Å². The normalized spacial score (nSPS) is 14.9. The molecule has 82 valence electrons. The highest BCUT2D eigenvalue weighted by Crippen LogP contribution is 2.28. The van der Waals surface area contributed by atoms with Gasteiger partial charge in [0.1, 0.15) is 5.69 Å². The summed E-state index contributed by atoms with van der Waals surface area (Å²) in [7, 11) is 0. The summed E-state index contributed by atoms with van der Waals surface area (Å²) in [4.78, 5) is 16.1. The van der Waals surface area contributed by atoms with E-state index in [1.807, 2.05) is 0 Å². The number of H-pyrrole nitrogens is 1. The zero-order chi connectivity index (χ0) is 11.1. The van der Waals surface area contributed by atoms with E-state index < -0.39 is 0 Å². The van der Waals surface area contributed by atoms with Gasteiger partial charge in [-0.25, -0.2) is 0 Å². The summed E-state index contributed by atoms with van der Waals surface area (Å²) in [5.74, 6) is 0.0168. The summed E-state index contributed by atoms with van der Waals surface area (Å²) in [5.41, 5.74) is 2.96. The summed E-state index contributed by atoms with van der Waals surface area (Å²) in [6, 6.07) is 6.31. The van der Waals surface area contributed by atoms with Crippen molar-refractivity contribution in [2.45, 2.75) is 11.3 Å². The Kier molecular flexibility index (Phi) is 2.17. The van der Waals surface area contributed by atoms with Crippen molar-refractivity contribution < 1.29 is 4.79 Å². The summed E-state index contributed by atoms with van der Waals surface area (Å²) in [5, 5.41) is 4.04. The molecule has 2 heterocycles. The van der Waals surface area contributed by atoms with E-state index in [-0.39, 0.29) is 5.91 Å². The molecule has 1 aliphatic rings. The number of rotatable bonds is 1. The third kappa shape index (κ3) is 1.33. The van der Waals surface area contributed by atoms with E-state index >= 15 is 0 Å². The lowest BCUT2D eigenvalue weighted by Gasteiger charge is -2.11. The fourth-order valence-corrected chi connectivity index (χ4v) is 2.64. The molecule has 1 aromatic carbocycles. The molecule has 2 N–H and O–H groups in total. The van der Waals surface area contributed by atoms with Crippen molar-refractivity contribution in [3.05, 3.63) is 29.5 Å². The topological polar surface area (TPSA) is 44.9 Å². The number of hydrogen-bond acceptors (Lipinski definition) is 2. The molecule has 16 heavy (non-hydrogen) atoms. The molecule has 3 rings (SSSR count). The molecule has 0 atom stereocenters. The van der Waals surface area contributed by atoms with E-state index in [0.29, 0.717) is 0 Å². The van der Waals surface area contributed by atoms with Crippen molar-refractivity contribution >= 4 is 28.6 Å². The van der Waals surface area contributed by atoms with Crippen LogP contribution in [-0.2, 0) is 6.42 Å². The first-order valence-electron chi connectivity index (χ1n) is 5.26. The summed E-state index contributed by atoms with van der Waals surface area (Å²) in [6.45, 7) is 0.739. The predicted molar refractivity (Wildman–Crippen MR) is 66.1 cm³/mol. The lowest BCUT2D eigenvalue weighted by Crippen LogP contribution is -2.31. The van der Waals surface area contributed by atoms with Crippen molar-refractivity contribution in [1.29, 1.82) is 0 Å². The highest BCUT2D eigenvalue weighted by Gasteiger charge is 2.21. The number of fused-ring (bicyclic) bond motifs is 3. The first kappa shape index (κ1) is 9.78. The van der Waals surface area contributed by atoms with Crippen molar-refractivity contribution in [1.82, 2.24) is 10.3 Å². The molecular weight excluding hydrogens is 220 g/mol. The lowest BCUT2D eigenvalue weighted by molar-refractivity contribution is 0.0942. The van der Waals surface area contributed by atoms with Crippen molar-refractivity contribution in [3.8, 4) is 0 Å². The summed E-state index contributed by atoms with van der Waals surface area (Å²) < 4.78 is 0. The fraction of sp³-hybridized carbons (Fsp3) is 0.250. The van der Waals surface area contributed by atoms with Crippen LogP contribution in [0.25, 0.3) is 10.9 Å². The maximum atomic E-state index is 11.7. The third-order valence-electron chi connectivity index (χ3n) is 3.00. The molecule has 0 saturated heterocycles.